The summed E-state index contributed by atoms with van der Waals surface area (Å²) in [6.45, 7) is 3.73. The van der Waals surface area contributed by atoms with Crippen LogP contribution in [0, 0.1) is 5.82 Å². The lowest BCUT2D eigenvalue weighted by molar-refractivity contribution is 0.200. The predicted octanol–water partition coefficient (Wildman–Crippen LogP) is 4.03. The number of benzene rings is 3. The molecule has 0 radical (unpaired) electrons. The van der Waals surface area contributed by atoms with Crippen molar-refractivity contribution in [2.24, 2.45) is 0 Å². The maximum Gasteiger partial charge on any atom is 0.173 e. The van der Waals surface area contributed by atoms with Crippen LogP contribution in [0.4, 0.5) is 15.8 Å². The van der Waals surface area contributed by atoms with Crippen LogP contribution in [0.1, 0.15) is 23.0 Å². The van der Waals surface area contributed by atoms with Gasteiger partial charge >= 0.3 is 0 Å². The smallest absolute Gasteiger partial charge is 0.173 e. The Labute approximate surface area is 211 Å². The fourth-order valence-corrected chi connectivity index (χ4v) is 4.85. The molecule has 36 heavy (non-hydrogen) atoms. The van der Waals surface area contributed by atoms with E-state index in [0.29, 0.717) is 12.2 Å². The number of anilines is 2. The highest BCUT2D eigenvalue weighted by molar-refractivity contribution is 5.49. The second kappa shape index (κ2) is 10.9. The lowest BCUT2D eigenvalue weighted by atomic mass is 10.0. The summed E-state index contributed by atoms with van der Waals surface area (Å²) in [4.78, 5) is 6.62. The molecule has 0 spiro atoms. The number of aromatic nitrogens is 4. The van der Waals surface area contributed by atoms with Gasteiger partial charge in [0.05, 0.1) is 11.7 Å². The van der Waals surface area contributed by atoms with Crippen LogP contribution < -0.4 is 9.80 Å². The van der Waals surface area contributed by atoms with E-state index in [1.165, 1.54) is 11.6 Å². The van der Waals surface area contributed by atoms with Crippen molar-refractivity contribution in [2.75, 3.05) is 50.1 Å². The summed E-state index contributed by atoms with van der Waals surface area (Å²) in [5, 5.41) is 12.9. The van der Waals surface area contributed by atoms with Crippen molar-refractivity contribution in [2.45, 2.75) is 19.0 Å². The van der Waals surface area contributed by atoms with Crippen molar-refractivity contribution in [1.82, 2.24) is 25.1 Å². The van der Waals surface area contributed by atoms with Crippen LogP contribution in [0.3, 0.4) is 0 Å². The Hall–Kier alpha value is -3.78. The third kappa shape index (κ3) is 5.23. The number of tetrazole rings is 1. The van der Waals surface area contributed by atoms with E-state index in [0.717, 1.165) is 49.7 Å². The summed E-state index contributed by atoms with van der Waals surface area (Å²) < 4.78 is 16.3. The molecule has 0 unspecified atom stereocenters. The Morgan fingerprint density at radius 1 is 0.861 bits per heavy atom. The van der Waals surface area contributed by atoms with Crippen LogP contribution in [0.2, 0.25) is 0 Å². The summed E-state index contributed by atoms with van der Waals surface area (Å²) >= 11 is 0. The van der Waals surface area contributed by atoms with E-state index in [4.69, 9.17) is 0 Å². The van der Waals surface area contributed by atoms with E-state index in [9.17, 15) is 4.39 Å². The Morgan fingerprint density at radius 2 is 1.56 bits per heavy atom. The normalized spacial score (nSPS) is 15.1. The first-order valence-corrected chi connectivity index (χ1v) is 12.4. The summed E-state index contributed by atoms with van der Waals surface area (Å²) in [5.41, 5.74) is 4.21. The SMILES string of the molecule is CN(C)c1ccc([C@H](c2nnnn2CCc2ccccc2)N2CCN(c3ccccc3F)CC2)cc1. The number of aryl methyl sites for hydroxylation is 2. The Balaban J connectivity index is 1.40. The molecule has 1 atom stereocenters. The van der Waals surface area contributed by atoms with Gasteiger partial charge in [0.1, 0.15) is 5.82 Å². The van der Waals surface area contributed by atoms with Gasteiger partial charge in [0, 0.05) is 52.5 Å². The van der Waals surface area contributed by atoms with Crippen LogP contribution in [0.25, 0.3) is 0 Å². The van der Waals surface area contributed by atoms with Gasteiger partial charge in [0.15, 0.2) is 5.82 Å². The molecule has 1 saturated heterocycles. The van der Waals surface area contributed by atoms with Gasteiger partial charge in [-0.1, -0.05) is 54.6 Å². The second-order valence-corrected chi connectivity index (χ2v) is 9.36. The number of nitrogens with zero attached hydrogens (tertiary/aromatic N) is 7. The Bertz CT molecular complexity index is 1250. The van der Waals surface area contributed by atoms with E-state index in [1.54, 1.807) is 6.07 Å². The van der Waals surface area contributed by atoms with Crippen molar-refractivity contribution < 1.29 is 4.39 Å². The topological polar surface area (TPSA) is 53.3 Å². The van der Waals surface area contributed by atoms with Crippen molar-refractivity contribution in [3.05, 3.63) is 102 Å². The number of hydrogen-bond acceptors (Lipinski definition) is 6. The number of rotatable bonds is 8. The van der Waals surface area contributed by atoms with Crippen LogP contribution in [0.5, 0.6) is 0 Å². The first-order valence-electron chi connectivity index (χ1n) is 12.4. The molecule has 0 N–H and O–H groups in total. The molecule has 0 bridgehead atoms. The van der Waals surface area contributed by atoms with Gasteiger partial charge in [-0.2, -0.15) is 0 Å². The van der Waals surface area contributed by atoms with E-state index in [-0.39, 0.29) is 11.9 Å². The predicted molar refractivity (Wildman–Crippen MR) is 141 cm³/mol. The zero-order valence-corrected chi connectivity index (χ0v) is 20.8. The third-order valence-electron chi connectivity index (χ3n) is 6.86. The number of piperazine rings is 1. The highest BCUT2D eigenvalue weighted by atomic mass is 19.1. The van der Waals surface area contributed by atoms with Gasteiger partial charge in [0.2, 0.25) is 0 Å². The molecule has 0 aliphatic carbocycles. The molecule has 0 saturated carbocycles. The quantitative estimate of drug-likeness (QED) is 0.376. The molecule has 1 aliphatic heterocycles. The molecular weight excluding hydrogens is 453 g/mol. The van der Waals surface area contributed by atoms with Crippen LogP contribution in [0.15, 0.2) is 78.9 Å². The first-order chi connectivity index (χ1) is 17.6. The number of hydrogen-bond donors (Lipinski definition) is 0. The van der Waals surface area contributed by atoms with Crippen LogP contribution in [-0.2, 0) is 13.0 Å². The fraction of sp³-hybridized carbons (Fsp3) is 0.321. The summed E-state index contributed by atoms with van der Waals surface area (Å²) in [6, 6.07) is 25.9. The monoisotopic (exact) mass is 485 g/mol. The molecule has 8 heteroatoms. The van der Waals surface area contributed by atoms with Gasteiger partial charge in [0.25, 0.3) is 0 Å². The summed E-state index contributed by atoms with van der Waals surface area (Å²) in [6.07, 6.45) is 0.853. The van der Waals surface area contributed by atoms with E-state index in [2.05, 4.69) is 78.8 Å². The maximum absolute atomic E-state index is 14.4. The van der Waals surface area contributed by atoms with Gasteiger partial charge in [-0.25, -0.2) is 9.07 Å². The lowest BCUT2D eigenvalue weighted by Crippen LogP contribution is -2.48. The van der Waals surface area contributed by atoms with Crippen molar-refractivity contribution in [3.63, 3.8) is 0 Å². The van der Waals surface area contributed by atoms with Crippen LogP contribution in [-0.4, -0.2) is 65.4 Å². The molecule has 3 aromatic carbocycles. The average molecular weight is 486 g/mol. The number of para-hydroxylation sites is 1. The molecule has 1 fully saturated rings. The van der Waals surface area contributed by atoms with Gasteiger partial charge in [-0.15, -0.1) is 5.10 Å². The molecule has 0 amide bonds. The minimum absolute atomic E-state index is 0.0882. The largest absolute Gasteiger partial charge is 0.378 e. The molecule has 4 aromatic rings. The average Bonchev–Trinajstić information content (AvgIpc) is 3.37. The fourth-order valence-electron chi connectivity index (χ4n) is 4.85. The zero-order chi connectivity index (χ0) is 24.9. The van der Waals surface area contributed by atoms with E-state index in [1.807, 2.05) is 37.0 Å². The molecular formula is C28H32FN7. The molecule has 5 rings (SSSR count). The molecule has 1 aromatic heterocycles. The van der Waals surface area contributed by atoms with Crippen molar-refractivity contribution in [3.8, 4) is 0 Å². The van der Waals surface area contributed by atoms with Gasteiger partial charge < -0.3 is 9.80 Å². The highest BCUT2D eigenvalue weighted by Gasteiger charge is 2.31. The summed E-state index contributed by atoms with van der Waals surface area (Å²) in [5.74, 6) is 0.662. The standard InChI is InChI=1S/C28H32FN7/c1-33(2)24-14-12-23(13-15-24)27(28-30-31-32-36(28)17-16-22-8-4-3-5-9-22)35-20-18-34(19-21-35)26-11-7-6-10-25(26)29/h3-15,27H,16-21H2,1-2H3/t27-/m1/s1. The summed E-state index contributed by atoms with van der Waals surface area (Å²) in [7, 11) is 4.08. The van der Waals surface area contributed by atoms with Gasteiger partial charge in [-0.05, 0) is 52.2 Å². The van der Waals surface area contributed by atoms with Gasteiger partial charge in [-0.3, -0.25) is 4.90 Å². The molecule has 7 nitrogen and oxygen atoms in total. The second-order valence-electron chi connectivity index (χ2n) is 9.36. The molecule has 1 aliphatic rings. The van der Waals surface area contributed by atoms with Crippen molar-refractivity contribution >= 4 is 11.4 Å². The van der Waals surface area contributed by atoms with E-state index >= 15 is 0 Å². The third-order valence-corrected chi connectivity index (χ3v) is 6.86. The minimum atomic E-state index is -0.174. The Morgan fingerprint density at radius 3 is 2.25 bits per heavy atom. The number of halogens is 1. The first kappa shape index (κ1) is 23.9. The van der Waals surface area contributed by atoms with Crippen molar-refractivity contribution in [1.29, 1.82) is 0 Å². The van der Waals surface area contributed by atoms with Crippen LogP contribution >= 0.6 is 0 Å². The van der Waals surface area contributed by atoms with E-state index < -0.39 is 0 Å². The minimum Gasteiger partial charge on any atom is -0.378 e. The molecule has 186 valence electrons. The molecule has 2 heterocycles. The Kier molecular flexibility index (Phi) is 7.23. The zero-order valence-electron chi connectivity index (χ0n) is 20.8. The highest BCUT2D eigenvalue weighted by Crippen LogP contribution is 2.31. The lowest BCUT2D eigenvalue weighted by Gasteiger charge is -2.40. The maximum atomic E-state index is 14.4.